The van der Waals surface area contributed by atoms with Crippen molar-refractivity contribution in [2.45, 2.75) is 4.90 Å². The lowest BCUT2D eigenvalue weighted by molar-refractivity contribution is 0.601. The van der Waals surface area contributed by atoms with Crippen LogP contribution in [0.1, 0.15) is 0 Å². The molecule has 0 radical (unpaired) electrons. The molecule has 26 heavy (non-hydrogen) atoms. The van der Waals surface area contributed by atoms with E-state index in [0.29, 0.717) is 27.7 Å². The lowest BCUT2D eigenvalue weighted by Gasteiger charge is -2.08. The Kier molecular flexibility index (Phi) is 4.06. The summed E-state index contributed by atoms with van der Waals surface area (Å²) in [6.07, 6.45) is 3.09. The number of halogens is 1. The van der Waals surface area contributed by atoms with Gasteiger partial charge < -0.3 is 4.42 Å². The van der Waals surface area contributed by atoms with Gasteiger partial charge in [0.05, 0.1) is 4.90 Å². The van der Waals surface area contributed by atoms with Crippen molar-refractivity contribution in [3.8, 4) is 11.5 Å². The zero-order valence-corrected chi connectivity index (χ0v) is 14.7. The molecule has 7 nitrogen and oxygen atoms in total. The van der Waals surface area contributed by atoms with Gasteiger partial charge in [0.25, 0.3) is 10.0 Å². The summed E-state index contributed by atoms with van der Waals surface area (Å²) < 4.78 is 33.0. The topological polar surface area (TPSA) is 98.0 Å². The largest absolute Gasteiger partial charge is 0.434 e. The van der Waals surface area contributed by atoms with Gasteiger partial charge in [0.15, 0.2) is 11.2 Å². The molecule has 0 fully saturated rings. The van der Waals surface area contributed by atoms with Gasteiger partial charge in [-0.2, -0.15) is 4.98 Å². The van der Waals surface area contributed by atoms with Crippen LogP contribution in [-0.2, 0) is 10.0 Å². The number of benzene rings is 1. The number of hydrogen-bond donors (Lipinski definition) is 1. The first-order chi connectivity index (χ1) is 12.5. The highest BCUT2D eigenvalue weighted by atomic mass is 35.5. The number of hydrogen-bond acceptors (Lipinski definition) is 6. The second-order valence-corrected chi connectivity index (χ2v) is 7.45. The molecule has 0 saturated heterocycles. The Morgan fingerprint density at radius 1 is 1.00 bits per heavy atom. The van der Waals surface area contributed by atoms with Crippen LogP contribution in [0.25, 0.3) is 22.7 Å². The Labute approximate surface area is 153 Å². The monoisotopic (exact) mass is 386 g/mol. The van der Waals surface area contributed by atoms with E-state index in [-0.39, 0.29) is 10.7 Å². The molecule has 3 aromatic heterocycles. The van der Waals surface area contributed by atoms with Gasteiger partial charge in [0.1, 0.15) is 5.82 Å². The minimum atomic E-state index is -3.79. The number of pyridine rings is 2. The summed E-state index contributed by atoms with van der Waals surface area (Å²) in [4.78, 5) is 12.5. The molecule has 9 heteroatoms. The molecule has 0 atom stereocenters. The Bertz CT molecular complexity index is 1160. The van der Waals surface area contributed by atoms with Crippen molar-refractivity contribution < 1.29 is 12.8 Å². The minimum Gasteiger partial charge on any atom is -0.434 e. The molecule has 130 valence electrons. The summed E-state index contributed by atoms with van der Waals surface area (Å²) in [5, 5.41) is 0.452. The molecule has 1 aromatic carbocycles. The van der Waals surface area contributed by atoms with Crippen LogP contribution in [0.5, 0.6) is 0 Å². The molecule has 0 unspecified atom stereocenters. The van der Waals surface area contributed by atoms with Gasteiger partial charge >= 0.3 is 0 Å². The van der Waals surface area contributed by atoms with E-state index >= 15 is 0 Å². The molecule has 3 heterocycles. The van der Waals surface area contributed by atoms with Gasteiger partial charge in [0, 0.05) is 23.0 Å². The van der Waals surface area contributed by atoms with Gasteiger partial charge in [-0.3, -0.25) is 4.72 Å². The highest BCUT2D eigenvalue weighted by Gasteiger charge is 2.16. The van der Waals surface area contributed by atoms with Crippen molar-refractivity contribution in [3.63, 3.8) is 0 Å². The van der Waals surface area contributed by atoms with Crippen LogP contribution in [-0.4, -0.2) is 23.4 Å². The number of nitrogens with one attached hydrogen (secondary N) is 1. The first-order valence-corrected chi connectivity index (χ1v) is 9.34. The summed E-state index contributed by atoms with van der Waals surface area (Å²) in [6, 6.07) is 12.6. The Balaban J connectivity index is 1.66. The molecular weight excluding hydrogens is 376 g/mol. The number of oxazole rings is 1. The van der Waals surface area contributed by atoms with E-state index in [1.165, 1.54) is 36.5 Å². The first kappa shape index (κ1) is 16.5. The zero-order valence-electron chi connectivity index (χ0n) is 13.1. The van der Waals surface area contributed by atoms with Crippen LogP contribution in [0, 0.1) is 0 Å². The summed E-state index contributed by atoms with van der Waals surface area (Å²) in [7, 11) is -3.79. The SMILES string of the molecule is O=S(=O)(Nc1cc(-c2nc3ncccc3o2)ccn1)c1ccc(Cl)cc1. The van der Waals surface area contributed by atoms with Gasteiger partial charge in [-0.15, -0.1) is 0 Å². The molecule has 4 aromatic rings. The minimum absolute atomic E-state index is 0.0835. The van der Waals surface area contributed by atoms with E-state index in [1.54, 1.807) is 24.4 Å². The second-order valence-electron chi connectivity index (χ2n) is 5.33. The highest BCUT2D eigenvalue weighted by molar-refractivity contribution is 7.92. The van der Waals surface area contributed by atoms with Gasteiger partial charge in [-0.05, 0) is 48.5 Å². The van der Waals surface area contributed by atoms with E-state index < -0.39 is 10.0 Å². The molecular formula is C17H11ClN4O3S. The third-order valence-corrected chi connectivity index (χ3v) is 5.16. The van der Waals surface area contributed by atoms with Crippen molar-refractivity contribution >= 4 is 38.7 Å². The molecule has 0 aliphatic rings. The summed E-state index contributed by atoms with van der Waals surface area (Å²) in [5.74, 6) is 0.473. The summed E-state index contributed by atoms with van der Waals surface area (Å²) in [6.45, 7) is 0. The van der Waals surface area contributed by atoms with Crippen LogP contribution in [0.3, 0.4) is 0 Å². The van der Waals surface area contributed by atoms with E-state index in [1.807, 2.05) is 0 Å². The fourth-order valence-corrected chi connectivity index (χ4v) is 3.45. The van der Waals surface area contributed by atoms with Crippen molar-refractivity contribution in [2.24, 2.45) is 0 Å². The molecule has 0 spiro atoms. The van der Waals surface area contributed by atoms with Gasteiger partial charge in [0.2, 0.25) is 5.89 Å². The normalized spacial score (nSPS) is 11.6. The smallest absolute Gasteiger partial charge is 0.263 e. The standard InChI is InChI=1S/C17H11ClN4O3S/c18-12-3-5-13(6-4-12)26(23,24)22-15-10-11(7-9-19-15)17-21-16-14(25-17)2-1-8-20-16/h1-10H,(H,19,22). The number of nitrogens with zero attached hydrogens (tertiary/aromatic N) is 3. The highest BCUT2D eigenvalue weighted by Crippen LogP contribution is 2.25. The molecule has 0 amide bonds. The van der Waals surface area contributed by atoms with Crippen LogP contribution >= 0.6 is 11.6 Å². The van der Waals surface area contributed by atoms with Crippen LogP contribution in [0.2, 0.25) is 5.02 Å². The lowest BCUT2D eigenvalue weighted by atomic mass is 10.2. The van der Waals surface area contributed by atoms with Crippen LogP contribution in [0.15, 0.2) is 70.2 Å². The quantitative estimate of drug-likeness (QED) is 0.573. The average Bonchev–Trinajstić information content (AvgIpc) is 3.06. The molecule has 0 aliphatic heterocycles. The lowest BCUT2D eigenvalue weighted by Crippen LogP contribution is -2.13. The predicted molar refractivity (Wildman–Crippen MR) is 97.3 cm³/mol. The third-order valence-electron chi connectivity index (χ3n) is 3.53. The van der Waals surface area contributed by atoms with Gasteiger partial charge in [-0.25, -0.2) is 18.4 Å². The van der Waals surface area contributed by atoms with Crippen molar-refractivity contribution in [1.29, 1.82) is 0 Å². The molecule has 0 aliphatic carbocycles. The molecule has 1 N–H and O–H groups in total. The van der Waals surface area contributed by atoms with E-state index in [0.717, 1.165) is 0 Å². The number of anilines is 1. The second kappa shape index (κ2) is 6.40. The Morgan fingerprint density at radius 2 is 1.81 bits per heavy atom. The Hall–Kier alpha value is -2.97. The Morgan fingerprint density at radius 3 is 2.58 bits per heavy atom. The zero-order chi connectivity index (χ0) is 18.1. The number of rotatable bonds is 4. The van der Waals surface area contributed by atoms with Crippen LogP contribution < -0.4 is 4.72 Å². The predicted octanol–water partition coefficient (Wildman–Crippen LogP) is 3.74. The molecule has 0 saturated carbocycles. The number of sulfonamides is 1. The summed E-state index contributed by atoms with van der Waals surface area (Å²) >= 11 is 5.79. The van der Waals surface area contributed by atoms with E-state index in [2.05, 4.69) is 19.7 Å². The first-order valence-electron chi connectivity index (χ1n) is 7.48. The number of aromatic nitrogens is 3. The molecule has 4 rings (SSSR count). The fourth-order valence-electron chi connectivity index (χ4n) is 2.32. The fraction of sp³-hybridized carbons (Fsp3) is 0. The third kappa shape index (κ3) is 3.24. The van der Waals surface area contributed by atoms with Crippen molar-refractivity contribution in [2.75, 3.05) is 4.72 Å². The van der Waals surface area contributed by atoms with Crippen molar-refractivity contribution in [1.82, 2.24) is 15.0 Å². The molecule has 0 bridgehead atoms. The van der Waals surface area contributed by atoms with E-state index in [9.17, 15) is 8.42 Å². The maximum atomic E-state index is 12.5. The average molecular weight is 387 g/mol. The van der Waals surface area contributed by atoms with Gasteiger partial charge in [-0.1, -0.05) is 11.6 Å². The maximum absolute atomic E-state index is 12.5. The number of fused-ring (bicyclic) bond motifs is 1. The van der Waals surface area contributed by atoms with Crippen LogP contribution in [0.4, 0.5) is 5.82 Å². The van der Waals surface area contributed by atoms with Crippen molar-refractivity contribution in [3.05, 3.63) is 65.9 Å². The van der Waals surface area contributed by atoms with E-state index in [4.69, 9.17) is 16.0 Å². The maximum Gasteiger partial charge on any atom is 0.263 e. The summed E-state index contributed by atoms with van der Waals surface area (Å²) in [5.41, 5.74) is 1.59.